The van der Waals surface area contributed by atoms with Crippen LogP contribution in [0.15, 0.2) is 24.5 Å². The maximum atomic E-state index is 12.6. The Balaban J connectivity index is 1.72. The molecule has 0 bridgehead atoms. The number of hydrogen-bond donors (Lipinski definition) is 1. The lowest BCUT2D eigenvalue weighted by molar-refractivity contribution is -0.137. The molecular weight excluding hydrogens is 349 g/mol. The first-order valence-corrected chi connectivity index (χ1v) is 8.28. The highest BCUT2D eigenvalue weighted by atomic mass is 19.4. The normalized spacial score (nSPS) is 18.2. The second-order valence-electron chi connectivity index (χ2n) is 6.27. The van der Waals surface area contributed by atoms with Crippen LogP contribution in [0.25, 0.3) is 5.82 Å². The summed E-state index contributed by atoms with van der Waals surface area (Å²) in [5, 5.41) is 10.8. The van der Waals surface area contributed by atoms with E-state index in [9.17, 15) is 18.0 Å². The third-order valence-corrected chi connectivity index (χ3v) is 4.32. The highest BCUT2D eigenvalue weighted by Gasteiger charge is 2.31. The second-order valence-corrected chi connectivity index (χ2v) is 6.27. The molecule has 3 rings (SSSR count). The van der Waals surface area contributed by atoms with Crippen LogP contribution in [0.3, 0.4) is 0 Å². The van der Waals surface area contributed by atoms with Crippen LogP contribution in [-0.4, -0.2) is 57.5 Å². The van der Waals surface area contributed by atoms with Gasteiger partial charge in [0.05, 0.1) is 11.8 Å². The highest BCUT2D eigenvalue weighted by Crippen LogP contribution is 2.28. The lowest BCUT2D eigenvalue weighted by atomic mass is 9.98. The minimum atomic E-state index is -4.45. The molecule has 1 unspecified atom stereocenters. The molecular formula is C16H19F3N6O. The molecule has 0 spiro atoms. The molecule has 0 radical (unpaired) electrons. The minimum Gasteiger partial charge on any atom is -0.337 e. The molecule has 2 aromatic rings. The van der Waals surface area contributed by atoms with Gasteiger partial charge in [-0.2, -0.15) is 13.2 Å². The lowest BCUT2D eigenvalue weighted by Gasteiger charge is -2.32. The van der Waals surface area contributed by atoms with Gasteiger partial charge >= 0.3 is 6.18 Å². The third-order valence-electron chi connectivity index (χ3n) is 4.32. The molecule has 2 aromatic heterocycles. The Labute approximate surface area is 148 Å². The highest BCUT2D eigenvalue weighted by molar-refractivity contribution is 5.92. The first-order chi connectivity index (χ1) is 12.4. The van der Waals surface area contributed by atoms with Crippen molar-refractivity contribution in [1.82, 2.24) is 30.2 Å². The first kappa shape index (κ1) is 18.3. The average Bonchev–Trinajstić information content (AvgIpc) is 3.11. The second kappa shape index (κ2) is 7.40. The molecule has 140 valence electrons. The molecule has 1 atom stereocenters. The molecule has 7 nitrogen and oxygen atoms in total. The summed E-state index contributed by atoms with van der Waals surface area (Å²) in [6.07, 6.45) is -0.349. The minimum absolute atomic E-state index is 0.150. The Hall–Kier alpha value is -2.49. The largest absolute Gasteiger partial charge is 0.417 e. The fourth-order valence-electron chi connectivity index (χ4n) is 3.03. The van der Waals surface area contributed by atoms with E-state index in [1.54, 1.807) is 4.90 Å². The number of hydrogen-bond acceptors (Lipinski definition) is 5. The van der Waals surface area contributed by atoms with Gasteiger partial charge in [0.1, 0.15) is 0 Å². The summed E-state index contributed by atoms with van der Waals surface area (Å²) in [5.41, 5.74) is -0.696. The quantitative estimate of drug-likeness (QED) is 0.890. The van der Waals surface area contributed by atoms with Crippen molar-refractivity contribution in [2.75, 3.05) is 26.7 Å². The van der Waals surface area contributed by atoms with E-state index in [-0.39, 0.29) is 17.4 Å². The van der Waals surface area contributed by atoms with Crippen LogP contribution in [0.4, 0.5) is 13.2 Å². The van der Waals surface area contributed by atoms with Crippen LogP contribution in [0.5, 0.6) is 0 Å². The molecule has 0 aromatic carbocycles. The van der Waals surface area contributed by atoms with Crippen molar-refractivity contribution in [3.05, 3.63) is 35.8 Å². The molecule has 26 heavy (non-hydrogen) atoms. The Kier molecular flexibility index (Phi) is 5.21. The molecule has 10 heteroatoms. The number of aromatic nitrogens is 4. The standard InChI is InChI=1S/C16H19F3N6O/c1-20-7-11-3-2-6-24(9-11)15(26)13-10-25(23-22-13)14-5-4-12(8-21-14)16(17,18)19/h4-5,8,10-11,20H,2-3,6-7,9H2,1H3. The fourth-order valence-corrected chi connectivity index (χ4v) is 3.03. The van der Waals surface area contributed by atoms with Crippen molar-refractivity contribution in [2.24, 2.45) is 5.92 Å². The Bertz CT molecular complexity index is 756. The molecule has 1 amide bonds. The number of amides is 1. The molecule has 3 heterocycles. The fraction of sp³-hybridized carbons (Fsp3) is 0.500. The maximum Gasteiger partial charge on any atom is 0.417 e. The van der Waals surface area contributed by atoms with E-state index in [4.69, 9.17) is 0 Å². The van der Waals surface area contributed by atoms with Crippen LogP contribution in [0, 0.1) is 5.92 Å². The number of alkyl halides is 3. The summed E-state index contributed by atoms with van der Waals surface area (Å²) in [4.78, 5) is 18.1. The topological polar surface area (TPSA) is 75.9 Å². The number of carbonyl (C=O) groups excluding carboxylic acids is 1. The first-order valence-electron chi connectivity index (χ1n) is 8.28. The number of rotatable bonds is 4. The van der Waals surface area contributed by atoms with E-state index in [2.05, 4.69) is 20.6 Å². The van der Waals surface area contributed by atoms with Gasteiger partial charge in [-0.25, -0.2) is 9.67 Å². The Morgan fingerprint density at radius 1 is 1.38 bits per heavy atom. The maximum absolute atomic E-state index is 12.6. The van der Waals surface area contributed by atoms with Gasteiger partial charge in [0.25, 0.3) is 5.91 Å². The Morgan fingerprint density at radius 2 is 2.19 bits per heavy atom. The summed E-state index contributed by atoms with van der Waals surface area (Å²) >= 11 is 0. The number of likely N-dealkylation sites (tertiary alicyclic amines) is 1. The van der Waals surface area contributed by atoms with Gasteiger partial charge in [-0.3, -0.25) is 4.79 Å². The number of pyridine rings is 1. The number of carbonyl (C=O) groups is 1. The number of halogens is 3. The van der Waals surface area contributed by atoms with E-state index in [1.807, 2.05) is 7.05 Å². The van der Waals surface area contributed by atoms with Crippen molar-refractivity contribution in [3.63, 3.8) is 0 Å². The van der Waals surface area contributed by atoms with Gasteiger partial charge in [0, 0.05) is 19.3 Å². The molecule has 1 aliphatic rings. The summed E-state index contributed by atoms with van der Waals surface area (Å²) < 4.78 is 39.0. The van der Waals surface area contributed by atoms with E-state index >= 15 is 0 Å². The van der Waals surface area contributed by atoms with Crippen molar-refractivity contribution in [1.29, 1.82) is 0 Å². The summed E-state index contributed by atoms with van der Waals surface area (Å²) in [5.74, 6) is 0.324. The van der Waals surface area contributed by atoms with Crippen molar-refractivity contribution in [2.45, 2.75) is 19.0 Å². The molecule has 0 saturated carbocycles. The zero-order valence-electron chi connectivity index (χ0n) is 14.2. The van der Waals surface area contributed by atoms with Gasteiger partial charge in [-0.1, -0.05) is 5.21 Å². The van der Waals surface area contributed by atoms with E-state index in [1.165, 1.54) is 16.9 Å². The summed E-state index contributed by atoms with van der Waals surface area (Å²) in [6, 6.07) is 2.11. The monoisotopic (exact) mass is 368 g/mol. The molecule has 1 saturated heterocycles. The van der Waals surface area contributed by atoms with E-state index < -0.39 is 11.7 Å². The van der Waals surface area contributed by atoms with Crippen LogP contribution in [0.1, 0.15) is 28.9 Å². The molecule has 1 N–H and O–H groups in total. The van der Waals surface area contributed by atoms with Gasteiger partial charge in [-0.15, -0.1) is 5.10 Å². The van der Waals surface area contributed by atoms with Gasteiger partial charge in [0.2, 0.25) is 0 Å². The summed E-state index contributed by atoms with van der Waals surface area (Å²) in [7, 11) is 1.88. The van der Waals surface area contributed by atoms with Crippen molar-refractivity contribution in [3.8, 4) is 5.82 Å². The van der Waals surface area contributed by atoms with Crippen LogP contribution in [0.2, 0.25) is 0 Å². The SMILES string of the molecule is CNCC1CCCN(C(=O)c2cn(-c3ccc(C(F)(F)F)cn3)nn2)C1. The summed E-state index contributed by atoms with van der Waals surface area (Å²) in [6.45, 7) is 2.14. The van der Waals surface area contributed by atoms with Crippen LogP contribution in [-0.2, 0) is 6.18 Å². The van der Waals surface area contributed by atoms with E-state index in [0.29, 0.717) is 19.0 Å². The lowest BCUT2D eigenvalue weighted by Crippen LogP contribution is -2.42. The predicted molar refractivity (Wildman–Crippen MR) is 86.7 cm³/mol. The third kappa shape index (κ3) is 4.01. The van der Waals surface area contributed by atoms with E-state index in [0.717, 1.165) is 31.6 Å². The zero-order valence-corrected chi connectivity index (χ0v) is 14.2. The zero-order chi connectivity index (χ0) is 18.7. The number of nitrogens with one attached hydrogen (secondary N) is 1. The molecule has 0 aliphatic carbocycles. The van der Waals surface area contributed by atoms with Crippen LogP contribution >= 0.6 is 0 Å². The van der Waals surface area contributed by atoms with Crippen molar-refractivity contribution < 1.29 is 18.0 Å². The predicted octanol–water partition coefficient (Wildman–Crippen LogP) is 1.75. The number of nitrogens with zero attached hydrogens (tertiary/aromatic N) is 5. The van der Waals surface area contributed by atoms with Gasteiger partial charge in [-0.05, 0) is 44.5 Å². The van der Waals surface area contributed by atoms with Gasteiger partial charge in [0.15, 0.2) is 11.5 Å². The Morgan fingerprint density at radius 3 is 2.85 bits per heavy atom. The molecule has 1 aliphatic heterocycles. The average molecular weight is 368 g/mol. The van der Waals surface area contributed by atoms with Crippen molar-refractivity contribution >= 4 is 5.91 Å². The van der Waals surface area contributed by atoms with Crippen LogP contribution < -0.4 is 5.32 Å². The molecule has 1 fully saturated rings. The smallest absolute Gasteiger partial charge is 0.337 e. The number of piperidine rings is 1. The van der Waals surface area contributed by atoms with Gasteiger partial charge < -0.3 is 10.2 Å².